The first-order valence-electron chi connectivity index (χ1n) is 4.14. The molecule has 0 spiro atoms. The molecule has 1 atom stereocenters. The molecule has 0 radical (unpaired) electrons. The lowest BCUT2D eigenvalue weighted by Crippen LogP contribution is -2.14. The van der Waals surface area contributed by atoms with E-state index in [1.807, 2.05) is 6.92 Å². The summed E-state index contributed by atoms with van der Waals surface area (Å²) in [5.41, 5.74) is 5.42. The van der Waals surface area contributed by atoms with Crippen LogP contribution in [0.4, 0.5) is 0 Å². The summed E-state index contributed by atoms with van der Waals surface area (Å²) in [6.07, 6.45) is 0. The lowest BCUT2D eigenvalue weighted by Gasteiger charge is -2.06. The van der Waals surface area contributed by atoms with E-state index in [-0.39, 0.29) is 5.97 Å². The average Bonchev–Trinajstić information content (AvgIpc) is 2.04. The lowest BCUT2D eigenvalue weighted by molar-refractivity contribution is -0.139. The zero-order valence-corrected chi connectivity index (χ0v) is 8.52. The number of nitrogens with two attached hydrogens (primary N) is 1. The Morgan fingerprint density at radius 2 is 2.33 bits per heavy atom. The predicted octanol–water partition coefficient (Wildman–Crippen LogP) is 0.877. The van der Waals surface area contributed by atoms with Crippen molar-refractivity contribution in [2.45, 2.75) is 13.8 Å². The van der Waals surface area contributed by atoms with E-state index in [0.717, 1.165) is 5.75 Å². The van der Waals surface area contributed by atoms with Gasteiger partial charge in [-0.15, -0.1) is 11.8 Å². The van der Waals surface area contributed by atoms with Crippen molar-refractivity contribution >= 4 is 17.7 Å². The van der Waals surface area contributed by atoms with Crippen LogP contribution in [0.2, 0.25) is 0 Å². The number of esters is 1. The van der Waals surface area contributed by atoms with Gasteiger partial charge >= 0.3 is 5.97 Å². The standard InChI is InChI=1S/C8H17NO2S/c1-3-11-8(10)6-12-5-7(2)4-9/h7H,3-6,9H2,1-2H3. The second-order valence-electron chi connectivity index (χ2n) is 2.66. The van der Waals surface area contributed by atoms with E-state index in [2.05, 4.69) is 6.92 Å². The van der Waals surface area contributed by atoms with E-state index < -0.39 is 0 Å². The van der Waals surface area contributed by atoms with E-state index in [0.29, 0.717) is 24.8 Å². The van der Waals surface area contributed by atoms with E-state index in [1.165, 1.54) is 0 Å². The number of hydrogen-bond acceptors (Lipinski definition) is 4. The van der Waals surface area contributed by atoms with Gasteiger partial charge in [0.05, 0.1) is 12.4 Å². The molecular formula is C8H17NO2S. The monoisotopic (exact) mass is 191 g/mol. The van der Waals surface area contributed by atoms with Gasteiger partial charge in [-0.3, -0.25) is 4.79 Å². The zero-order valence-electron chi connectivity index (χ0n) is 7.71. The van der Waals surface area contributed by atoms with Gasteiger partial charge in [-0.2, -0.15) is 0 Å². The fourth-order valence-corrected chi connectivity index (χ4v) is 1.52. The molecular weight excluding hydrogens is 174 g/mol. The van der Waals surface area contributed by atoms with Crippen LogP contribution in [-0.4, -0.2) is 30.6 Å². The van der Waals surface area contributed by atoms with Crippen LogP contribution in [0.3, 0.4) is 0 Å². The van der Waals surface area contributed by atoms with Gasteiger partial charge in [0.1, 0.15) is 0 Å². The van der Waals surface area contributed by atoms with Crippen LogP contribution in [0.1, 0.15) is 13.8 Å². The highest BCUT2D eigenvalue weighted by Gasteiger charge is 2.03. The van der Waals surface area contributed by atoms with Crippen LogP contribution in [0.15, 0.2) is 0 Å². The number of carbonyl (C=O) groups is 1. The van der Waals surface area contributed by atoms with Crippen molar-refractivity contribution in [1.29, 1.82) is 0 Å². The Morgan fingerprint density at radius 1 is 1.67 bits per heavy atom. The second-order valence-corrected chi connectivity index (χ2v) is 3.69. The molecule has 12 heavy (non-hydrogen) atoms. The molecule has 0 saturated carbocycles. The first kappa shape index (κ1) is 11.8. The highest BCUT2D eigenvalue weighted by atomic mass is 32.2. The maximum absolute atomic E-state index is 10.8. The summed E-state index contributed by atoms with van der Waals surface area (Å²) in [4.78, 5) is 10.8. The van der Waals surface area contributed by atoms with Gasteiger partial charge < -0.3 is 10.5 Å². The van der Waals surface area contributed by atoms with Gasteiger partial charge in [0.15, 0.2) is 0 Å². The molecule has 72 valence electrons. The van der Waals surface area contributed by atoms with Crippen LogP contribution < -0.4 is 5.73 Å². The van der Waals surface area contributed by atoms with E-state index in [4.69, 9.17) is 10.5 Å². The summed E-state index contributed by atoms with van der Waals surface area (Å²) in [5, 5.41) is 0. The summed E-state index contributed by atoms with van der Waals surface area (Å²) in [7, 11) is 0. The van der Waals surface area contributed by atoms with Crippen molar-refractivity contribution in [3.63, 3.8) is 0 Å². The van der Waals surface area contributed by atoms with Crippen molar-refractivity contribution < 1.29 is 9.53 Å². The zero-order chi connectivity index (χ0) is 9.40. The molecule has 0 aromatic heterocycles. The van der Waals surface area contributed by atoms with Gasteiger partial charge in [-0.25, -0.2) is 0 Å². The second kappa shape index (κ2) is 7.43. The summed E-state index contributed by atoms with van der Waals surface area (Å²) in [5.74, 6) is 1.71. The Hall–Kier alpha value is -0.220. The normalized spacial score (nSPS) is 12.6. The topological polar surface area (TPSA) is 52.3 Å². The van der Waals surface area contributed by atoms with Gasteiger partial charge in [0, 0.05) is 0 Å². The summed E-state index contributed by atoms with van der Waals surface area (Å²) in [6.45, 7) is 5.02. The Morgan fingerprint density at radius 3 is 2.83 bits per heavy atom. The van der Waals surface area contributed by atoms with Crippen molar-refractivity contribution in [2.24, 2.45) is 11.7 Å². The molecule has 0 aliphatic rings. The highest BCUT2D eigenvalue weighted by Crippen LogP contribution is 2.06. The Bertz CT molecular complexity index is 130. The number of thioether (sulfide) groups is 1. The third-order valence-electron chi connectivity index (χ3n) is 1.33. The van der Waals surface area contributed by atoms with E-state index in [1.54, 1.807) is 11.8 Å². The minimum atomic E-state index is -0.133. The van der Waals surface area contributed by atoms with Crippen molar-refractivity contribution in [3.05, 3.63) is 0 Å². The molecule has 1 unspecified atom stereocenters. The molecule has 0 aliphatic heterocycles. The van der Waals surface area contributed by atoms with Gasteiger partial charge in [-0.1, -0.05) is 6.92 Å². The first-order valence-corrected chi connectivity index (χ1v) is 5.29. The summed E-state index contributed by atoms with van der Waals surface area (Å²) < 4.78 is 4.77. The van der Waals surface area contributed by atoms with Crippen LogP contribution in [0.25, 0.3) is 0 Å². The van der Waals surface area contributed by atoms with Crippen LogP contribution in [0, 0.1) is 5.92 Å². The number of hydrogen-bond donors (Lipinski definition) is 1. The molecule has 0 saturated heterocycles. The Labute approximate surface area is 78.0 Å². The third-order valence-corrected chi connectivity index (χ3v) is 2.57. The molecule has 2 N–H and O–H groups in total. The molecule has 0 bridgehead atoms. The fourth-order valence-electron chi connectivity index (χ4n) is 0.614. The molecule has 4 heteroatoms. The number of carbonyl (C=O) groups excluding carboxylic acids is 1. The van der Waals surface area contributed by atoms with Crippen LogP contribution in [0.5, 0.6) is 0 Å². The predicted molar refractivity (Wildman–Crippen MR) is 52.2 cm³/mol. The summed E-state index contributed by atoms with van der Waals surface area (Å²) in [6, 6.07) is 0. The minimum absolute atomic E-state index is 0.133. The maximum Gasteiger partial charge on any atom is 0.315 e. The van der Waals surface area contributed by atoms with E-state index in [9.17, 15) is 4.79 Å². The molecule has 0 aliphatic carbocycles. The highest BCUT2D eigenvalue weighted by molar-refractivity contribution is 7.99. The molecule has 3 nitrogen and oxygen atoms in total. The van der Waals surface area contributed by atoms with Crippen molar-refractivity contribution in [1.82, 2.24) is 0 Å². The van der Waals surface area contributed by atoms with Crippen LogP contribution >= 0.6 is 11.8 Å². The third kappa shape index (κ3) is 6.49. The van der Waals surface area contributed by atoms with Gasteiger partial charge in [0.2, 0.25) is 0 Å². The quantitative estimate of drug-likeness (QED) is 0.633. The minimum Gasteiger partial charge on any atom is -0.465 e. The molecule has 0 fully saturated rings. The van der Waals surface area contributed by atoms with Gasteiger partial charge in [0.25, 0.3) is 0 Å². The molecule has 0 rings (SSSR count). The fraction of sp³-hybridized carbons (Fsp3) is 0.875. The average molecular weight is 191 g/mol. The SMILES string of the molecule is CCOC(=O)CSCC(C)CN. The smallest absolute Gasteiger partial charge is 0.315 e. The maximum atomic E-state index is 10.8. The molecule has 0 heterocycles. The van der Waals surface area contributed by atoms with Crippen LogP contribution in [-0.2, 0) is 9.53 Å². The van der Waals surface area contributed by atoms with Crippen molar-refractivity contribution in [2.75, 3.05) is 24.7 Å². The molecule has 0 aromatic carbocycles. The van der Waals surface area contributed by atoms with Crippen molar-refractivity contribution in [3.8, 4) is 0 Å². The number of ether oxygens (including phenoxy) is 1. The van der Waals surface area contributed by atoms with Gasteiger partial charge in [-0.05, 0) is 25.1 Å². The Kier molecular flexibility index (Phi) is 7.29. The molecule has 0 amide bonds. The lowest BCUT2D eigenvalue weighted by atomic mass is 10.2. The largest absolute Gasteiger partial charge is 0.465 e. The first-order chi connectivity index (χ1) is 5.70. The van der Waals surface area contributed by atoms with E-state index >= 15 is 0 Å². The molecule has 0 aromatic rings. The Balaban J connectivity index is 3.24. The summed E-state index contributed by atoms with van der Waals surface area (Å²) >= 11 is 1.58. The number of rotatable bonds is 6.